The van der Waals surface area contributed by atoms with E-state index in [4.69, 9.17) is 0 Å². The lowest BCUT2D eigenvalue weighted by Crippen LogP contribution is -2.26. The van der Waals surface area contributed by atoms with Gasteiger partial charge in [-0.2, -0.15) is 0 Å². The third kappa shape index (κ3) is 3.02. The van der Waals surface area contributed by atoms with Crippen molar-refractivity contribution in [3.05, 3.63) is 48.0 Å². The Morgan fingerprint density at radius 1 is 1.40 bits per heavy atom. The van der Waals surface area contributed by atoms with Crippen LogP contribution in [-0.4, -0.2) is 21.2 Å². The van der Waals surface area contributed by atoms with Crippen LogP contribution < -0.4 is 5.32 Å². The van der Waals surface area contributed by atoms with Crippen molar-refractivity contribution in [2.75, 3.05) is 6.54 Å². The summed E-state index contributed by atoms with van der Waals surface area (Å²) in [6.45, 7) is 2.01. The molecule has 0 saturated heterocycles. The Bertz CT molecular complexity index is 551. The van der Waals surface area contributed by atoms with E-state index >= 15 is 0 Å². The summed E-state index contributed by atoms with van der Waals surface area (Å²) in [4.78, 5) is 4.05. The lowest BCUT2D eigenvalue weighted by Gasteiger charge is -2.26. The molecular weight excluding hydrogens is 250 g/mol. The molecule has 4 heteroatoms. The molecule has 1 aliphatic rings. The largest absolute Gasteiger partial charge is 0.508 e. The predicted molar refractivity (Wildman–Crippen MR) is 78.6 cm³/mol. The van der Waals surface area contributed by atoms with Crippen LogP contribution in [0.3, 0.4) is 0 Å². The molecule has 106 valence electrons. The summed E-state index contributed by atoms with van der Waals surface area (Å²) in [6.07, 6.45) is 10.2. The van der Waals surface area contributed by atoms with Crippen molar-refractivity contribution < 1.29 is 5.11 Å². The second-order valence-electron chi connectivity index (χ2n) is 5.44. The van der Waals surface area contributed by atoms with Crippen molar-refractivity contribution >= 4 is 0 Å². The first-order chi connectivity index (χ1) is 9.83. The highest BCUT2D eigenvalue weighted by Gasteiger charge is 2.19. The molecule has 0 radical (unpaired) electrons. The van der Waals surface area contributed by atoms with Gasteiger partial charge in [0, 0.05) is 25.0 Å². The molecule has 4 nitrogen and oxygen atoms in total. The summed E-state index contributed by atoms with van der Waals surface area (Å²) >= 11 is 0. The highest BCUT2D eigenvalue weighted by molar-refractivity contribution is 5.38. The Hall–Kier alpha value is -1.81. The van der Waals surface area contributed by atoms with Gasteiger partial charge in [0.05, 0.1) is 6.33 Å². The van der Waals surface area contributed by atoms with Crippen molar-refractivity contribution in [2.45, 2.75) is 38.3 Å². The molecule has 20 heavy (non-hydrogen) atoms. The van der Waals surface area contributed by atoms with Crippen molar-refractivity contribution in [1.82, 2.24) is 14.9 Å². The van der Waals surface area contributed by atoms with Gasteiger partial charge < -0.3 is 15.0 Å². The topological polar surface area (TPSA) is 50.1 Å². The Labute approximate surface area is 119 Å². The van der Waals surface area contributed by atoms with Gasteiger partial charge in [0.25, 0.3) is 0 Å². The second-order valence-corrected chi connectivity index (χ2v) is 5.44. The molecule has 1 aliphatic carbocycles. The molecule has 0 amide bonds. The number of aromatic hydroxyl groups is 1. The van der Waals surface area contributed by atoms with E-state index in [1.54, 1.807) is 6.07 Å². The zero-order valence-corrected chi connectivity index (χ0v) is 11.6. The van der Waals surface area contributed by atoms with Gasteiger partial charge in [0.15, 0.2) is 0 Å². The third-order valence-electron chi connectivity index (χ3n) is 3.98. The first-order valence-corrected chi connectivity index (χ1v) is 7.34. The number of imidazole rings is 1. The second kappa shape index (κ2) is 6.09. The van der Waals surface area contributed by atoms with Crippen LogP contribution in [0.15, 0.2) is 36.9 Å². The monoisotopic (exact) mass is 271 g/mol. The minimum Gasteiger partial charge on any atom is -0.508 e. The SMILES string of the molecule is Oc1ccc2c(c1)CCCC2NCCCn1ccnc1. The van der Waals surface area contributed by atoms with Gasteiger partial charge in [-0.05, 0) is 55.5 Å². The van der Waals surface area contributed by atoms with E-state index in [0.717, 1.165) is 25.9 Å². The van der Waals surface area contributed by atoms with E-state index in [1.165, 1.54) is 24.0 Å². The van der Waals surface area contributed by atoms with Crippen molar-refractivity contribution in [1.29, 1.82) is 0 Å². The fourth-order valence-electron chi connectivity index (χ4n) is 2.97. The van der Waals surface area contributed by atoms with Crippen molar-refractivity contribution in [2.24, 2.45) is 0 Å². The zero-order chi connectivity index (χ0) is 13.8. The van der Waals surface area contributed by atoms with Crippen LogP contribution in [0.25, 0.3) is 0 Å². The minimum absolute atomic E-state index is 0.379. The van der Waals surface area contributed by atoms with Gasteiger partial charge >= 0.3 is 0 Å². The summed E-state index contributed by atoms with van der Waals surface area (Å²) in [7, 11) is 0. The molecule has 2 N–H and O–H groups in total. The number of fused-ring (bicyclic) bond motifs is 1. The number of aryl methyl sites for hydroxylation is 2. The lowest BCUT2D eigenvalue weighted by molar-refractivity contribution is 0.440. The molecule has 1 atom stereocenters. The van der Waals surface area contributed by atoms with Gasteiger partial charge in [-0.25, -0.2) is 4.98 Å². The summed E-state index contributed by atoms with van der Waals surface area (Å²) in [6, 6.07) is 6.21. The van der Waals surface area contributed by atoms with Gasteiger partial charge in [-0.15, -0.1) is 0 Å². The number of rotatable bonds is 5. The third-order valence-corrected chi connectivity index (χ3v) is 3.98. The first kappa shape index (κ1) is 13.2. The van der Waals surface area contributed by atoms with Crippen LogP contribution in [0.2, 0.25) is 0 Å². The molecular formula is C16H21N3O. The fraction of sp³-hybridized carbons (Fsp3) is 0.438. The Kier molecular flexibility index (Phi) is 4.02. The van der Waals surface area contributed by atoms with E-state index in [1.807, 2.05) is 24.8 Å². The van der Waals surface area contributed by atoms with Crippen LogP contribution in [0.5, 0.6) is 5.75 Å². The summed E-state index contributed by atoms with van der Waals surface area (Å²) in [5, 5.41) is 13.2. The summed E-state index contributed by atoms with van der Waals surface area (Å²) < 4.78 is 2.11. The summed E-state index contributed by atoms with van der Waals surface area (Å²) in [5.74, 6) is 0.379. The predicted octanol–water partition coefficient (Wildman–Crippen LogP) is 2.65. The van der Waals surface area contributed by atoms with E-state index < -0.39 is 0 Å². The molecule has 1 aromatic carbocycles. The lowest BCUT2D eigenvalue weighted by atomic mass is 9.87. The molecule has 0 aliphatic heterocycles. The van der Waals surface area contributed by atoms with E-state index in [0.29, 0.717) is 11.8 Å². The van der Waals surface area contributed by atoms with Gasteiger partial charge in [-0.3, -0.25) is 0 Å². The number of aromatic nitrogens is 2. The molecule has 0 saturated carbocycles. The number of benzene rings is 1. The minimum atomic E-state index is 0.379. The Balaban J connectivity index is 1.54. The number of nitrogens with zero attached hydrogens (tertiary/aromatic N) is 2. The Morgan fingerprint density at radius 3 is 3.20 bits per heavy atom. The number of phenolic OH excluding ortho intramolecular Hbond substituents is 1. The molecule has 0 spiro atoms. The maximum atomic E-state index is 9.57. The number of nitrogens with one attached hydrogen (secondary N) is 1. The molecule has 1 unspecified atom stereocenters. The fourth-order valence-corrected chi connectivity index (χ4v) is 2.97. The zero-order valence-electron chi connectivity index (χ0n) is 11.6. The maximum absolute atomic E-state index is 9.57. The number of hydrogen-bond donors (Lipinski definition) is 2. The van der Waals surface area contributed by atoms with E-state index in [2.05, 4.69) is 20.9 Å². The van der Waals surface area contributed by atoms with Crippen LogP contribution in [0, 0.1) is 0 Å². The smallest absolute Gasteiger partial charge is 0.115 e. The highest BCUT2D eigenvalue weighted by atomic mass is 16.3. The average Bonchev–Trinajstić information content (AvgIpc) is 2.96. The van der Waals surface area contributed by atoms with Crippen molar-refractivity contribution in [3.63, 3.8) is 0 Å². The van der Waals surface area contributed by atoms with Crippen LogP contribution in [0.1, 0.15) is 36.4 Å². The number of phenols is 1. The van der Waals surface area contributed by atoms with Gasteiger partial charge in [0.2, 0.25) is 0 Å². The van der Waals surface area contributed by atoms with Crippen LogP contribution in [0.4, 0.5) is 0 Å². The molecule has 3 rings (SSSR count). The average molecular weight is 271 g/mol. The van der Waals surface area contributed by atoms with Crippen LogP contribution >= 0.6 is 0 Å². The highest BCUT2D eigenvalue weighted by Crippen LogP contribution is 2.31. The quantitative estimate of drug-likeness (QED) is 0.822. The molecule has 0 fully saturated rings. The maximum Gasteiger partial charge on any atom is 0.115 e. The van der Waals surface area contributed by atoms with E-state index in [9.17, 15) is 5.11 Å². The normalized spacial score (nSPS) is 17.9. The molecule has 0 bridgehead atoms. The van der Waals surface area contributed by atoms with Crippen molar-refractivity contribution in [3.8, 4) is 5.75 Å². The standard InChI is InChI=1S/C16H21N3O/c20-14-5-6-15-13(11-14)3-1-4-16(15)18-7-2-9-19-10-8-17-12-19/h5-6,8,10-12,16,18,20H,1-4,7,9H2. The first-order valence-electron chi connectivity index (χ1n) is 7.34. The summed E-state index contributed by atoms with van der Waals surface area (Å²) in [5.41, 5.74) is 2.65. The number of hydrogen-bond acceptors (Lipinski definition) is 3. The van der Waals surface area contributed by atoms with Gasteiger partial charge in [-0.1, -0.05) is 6.07 Å². The van der Waals surface area contributed by atoms with E-state index in [-0.39, 0.29) is 0 Å². The molecule has 1 heterocycles. The molecule has 2 aromatic rings. The Morgan fingerprint density at radius 2 is 2.35 bits per heavy atom. The van der Waals surface area contributed by atoms with Gasteiger partial charge in [0.1, 0.15) is 5.75 Å². The van der Waals surface area contributed by atoms with Crippen LogP contribution in [-0.2, 0) is 13.0 Å². The molecule has 1 aromatic heterocycles.